The average molecular weight is 591 g/mol. The van der Waals surface area contributed by atoms with E-state index >= 15 is 0 Å². The first kappa shape index (κ1) is 29.2. The smallest absolute Gasteiger partial charge is 0.410 e. The van der Waals surface area contributed by atoms with Crippen LogP contribution >= 0.6 is 22.9 Å². The minimum absolute atomic E-state index is 0.00217. The summed E-state index contributed by atoms with van der Waals surface area (Å²) in [4.78, 5) is 13.5. The molecule has 0 saturated carbocycles. The molecule has 1 aromatic carbocycles. The lowest BCUT2D eigenvalue weighted by molar-refractivity contribution is 0.103. The van der Waals surface area contributed by atoms with Gasteiger partial charge in [-0.2, -0.15) is 5.26 Å². The van der Waals surface area contributed by atoms with Crippen LogP contribution in [-0.4, -0.2) is 65.7 Å². The Morgan fingerprint density at radius 1 is 1.24 bits per heavy atom. The van der Waals surface area contributed by atoms with Gasteiger partial charge in [0.2, 0.25) is 0 Å². The van der Waals surface area contributed by atoms with Crippen molar-refractivity contribution in [2.24, 2.45) is 0 Å². The summed E-state index contributed by atoms with van der Waals surface area (Å²) in [6.45, 7) is 6.87. The summed E-state index contributed by atoms with van der Waals surface area (Å²) in [6.07, 6.45) is -1.24. The second-order valence-electron chi connectivity index (χ2n) is 9.33. The number of sulfonamides is 2. The highest BCUT2D eigenvalue weighted by Gasteiger charge is 2.33. The first-order valence-corrected chi connectivity index (χ1v) is 15.2. The molecule has 2 N–H and O–H groups in total. The normalized spacial score (nSPS) is 16.5. The van der Waals surface area contributed by atoms with Gasteiger partial charge in [0, 0.05) is 18.6 Å². The SMILES string of the molecule is Cc1ccc(C#N)c(OC[C@@H]2CN(CCNS(=O)(=O)c3sc(S(=O)(=O)NC(C)(C)C)cc3Cl)C(=O)O2)c1. The molecule has 1 amide bonds. The van der Waals surface area contributed by atoms with Crippen LogP contribution in [0.2, 0.25) is 5.02 Å². The van der Waals surface area contributed by atoms with Crippen molar-refractivity contribution >= 4 is 49.1 Å². The summed E-state index contributed by atoms with van der Waals surface area (Å²) in [5.74, 6) is 0.386. The molecular formula is C22H27ClN4O7S3. The van der Waals surface area contributed by atoms with E-state index in [0.29, 0.717) is 22.6 Å². The monoisotopic (exact) mass is 590 g/mol. The third kappa shape index (κ3) is 7.56. The Labute approximate surface area is 225 Å². The Hall–Kier alpha value is -2.41. The van der Waals surface area contributed by atoms with E-state index in [1.807, 2.05) is 13.0 Å². The predicted molar refractivity (Wildman–Crippen MR) is 138 cm³/mol. The van der Waals surface area contributed by atoms with Gasteiger partial charge in [-0.25, -0.2) is 31.1 Å². The highest BCUT2D eigenvalue weighted by molar-refractivity contribution is 7.94. The fourth-order valence-corrected chi connectivity index (χ4v) is 8.37. The number of hydrogen-bond donors (Lipinski definition) is 2. The molecule has 0 unspecified atom stereocenters. The Bertz CT molecular complexity index is 1430. The quantitative estimate of drug-likeness (QED) is 0.428. The van der Waals surface area contributed by atoms with E-state index in [2.05, 4.69) is 9.44 Å². The topological polar surface area (TPSA) is 155 Å². The van der Waals surface area contributed by atoms with Crippen LogP contribution in [0.1, 0.15) is 31.9 Å². The van der Waals surface area contributed by atoms with Gasteiger partial charge in [0.15, 0.2) is 10.3 Å². The molecule has 1 saturated heterocycles. The number of rotatable bonds is 10. The number of nitrogens with zero attached hydrogens (tertiary/aromatic N) is 2. The fourth-order valence-electron chi connectivity index (χ4n) is 3.35. The number of nitriles is 1. The first-order chi connectivity index (χ1) is 17.1. The van der Waals surface area contributed by atoms with Gasteiger partial charge >= 0.3 is 6.09 Å². The van der Waals surface area contributed by atoms with Crippen LogP contribution in [0.5, 0.6) is 5.75 Å². The minimum atomic E-state index is -4.14. The number of halogens is 1. The van der Waals surface area contributed by atoms with Crippen LogP contribution in [0, 0.1) is 18.3 Å². The second-order valence-corrected chi connectivity index (χ2v) is 14.7. The number of benzene rings is 1. The molecule has 0 radical (unpaired) electrons. The molecule has 15 heteroatoms. The maximum atomic E-state index is 12.8. The second kappa shape index (κ2) is 11.1. The molecule has 0 aliphatic carbocycles. The Morgan fingerprint density at radius 2 is 1.95 bits per heavy atom. The van der Waals surface area contributed by atoms with E-state index in [0.717, 1.165) is 11.6 Å². The largest absolute Gasteiger partial charge is 0.488 e. The predicted octanol–water partition coefficient (Wildman–Crippen LogP) is 2.84. The van der Waals surface area contributed by atoms with Crippen molar-refractivity contribution in [2.45, 2.75) is 47.8 Å². The molecule has 1 fully saturated rings. The molecule has 1 aliphatic heterocycles. The van der Waals surface area contributed by atoms with Crippen LogP contribution in [0.4, 0.5) is 4.79 Å². The van der Waals surface area contributed by atoms with E-state index in [9.17, 15) is 26.9 Å². The van der Waals surface area contributed by atoms with Gasteiger partial charge in [0.1, 0.15) is 22.6 Å². The highest BCUT2D eigenvalue weighted by atomic mass is 35.5. The van der Waals surface area contributed by atoms with Crippen LogP contribution in [-0.2, 0) is 24.8 Å². The van der Waals surface area contributed by atoms with E-state index in [1.165, 1.54) is 4.90 Å². The third-order valence-corrected chi connectivity index (χ3v) is 10.8. The van der Waals surface area contributed by atoms with Gasteiger partial charge in [-0.15, -0.1) is 11.3 Å². The molecule has 1 atom stereocenters. The molecule has 11 nitrogen and oxygen atoms in total. The zero-order valence-corrected chi connectivity index (χ0v) is 23.8. The summed E-state index contributed by atoms with van der Waals surface area (Å²) in [7, 11) is -8.11. The van der Waals surface area contributed by atoms with Gasteiger partial charge in [-0.3, -0.25) is 0 Å². The number of amides is 1. The Balaban J connectivity index is 1.57. The van der Waals surface area contributed by atoms with Crippen molar-refractivity contribution in [1.29, 1.82) is 5.26 Å². The molecule has 1 aliphatic rings. The molecule has 1 aromatic heterocycles. The lowest BCUT2D eigenvalue weighted by Crippen LogP contribution is -2.40. The summed E-state index contributed by atoms with van der Waals surface area (Å²) < 4.78 is 65.8. The Kier molecular flexibility index (Phi) is 8.78. The standard InChI is InChI=1S/C22H27ClN4O7S3/c1-14-5-6-15(11-24)18(9-14)33-13-16-12-27(21(28)34-16)8-7-25-37(31,32)20-17(23)10-19(35-20)36(29,30)26-22(2,3)4/h5-6,9-10,16,25-26H,7-8,12-13H2,1-4H3/t16-/m0/s1. The van der Waals surface area contributed by atoms with Crippen LogP contribution in [0.15, 0.2) is 32.7 Å². The van der Waals surface area contributed by atoms with Gasteiger partial charge in [-0.1, -0.05) is 17.7 Å². The number of hydrogen-bond acceptors (Lipinski definition) is 9. The van der Waals surface area contributed by atoms with Gasteiger partial charge in [0.05, 0.1) is 17.1 Å². The third-order valence-electron chi connectivity index (χ3n) is 4.89. The van der Waals surface area contributed by atoms with Crippen molar-refractivity contribution in [2.75, 3.05) is 26.2 Å². The van der Waals surface area contributed by atoms with Crippen molar-refractivity contribution in [1.82, 2.24) is 14.3 Å². The summed E-state index contributed by atoms with van der Waals surface area (Å²) in [6, 6.07) is 8.27. The molecule has 3 rings (SSSR count). The lowest BCUT2D eigenvalue weighted by Gasteiger charge is -2.19. The van der Waals surface area contributed by atoms with Crippen molar-refractivity contribution in [3.8, 4) is 11.8 Å². The molecule has 37 heavy (non-hydrogen) atoms. The summed E-state index contributed by atoms with van der Waals surface area (Å²) >= 11 is 6.58. The first-order valence-electron chi connectivity index (χ1n) is 11.0. The minimum Gasteiger partial charge on any atom is -0.488 e. The van der Waals surface area contributed by atoms with E-state index < -0.39 is 37.8 Å². The van der Waals surface area contributed by atoms with E-state index in [1.54, 1.807) is 39.0 Å². The van der Waals surface area contributed by atoms with Gasteiger partial charge < -0.3 is 14.4 Å². The molecule has 0 spiro atoms. The van der Waals surface area contributed by atoms with Crippen molar-refractivity contribution in [3.63, 3.8) is 0 Å². The van der Waals surface area contributed by atoms with Crippen LogP contribution in [0.3, 0.4) is 0 Å². The molecule has 0 bridgehead atoms. The number of carbonyl (C=O) groups excluding carboxylic acids is 1. The van der Waals surface area contributed by atoms with Gasteiger partial charge in [0.25, 0.3) is 20.0 Å². The van der Waals surface area contributed by atoms with E-state index in [-0.39, 0.29) is 39.7 Å². The maximum Gasteiger partial charge on any atom is 0.410 e. The number of ether oxygens (including phenoxy) is 2. The molecule has 2 aromatic rings. The summed E-state index contributed by atoms with van der Waals surface area (Å²) in [5.41, 5.74) is 0.503. The highest BCUT2D eigenvalue weighted by Crippen LogP contribution is 2.34. The van der Waals surface area contributed by atoms with Gasteiger partial charge in [-0.05, 0) is 51.5 Å². The van der Waals surface area contributed by atoms with E-state index in [4.69, 9.17) is 21.1 Å². The molecule has 202 valence electrons. The summed E-state index contributed by atoms with van der Waals surface area (Å²) in [5, 5.41) is 8.99. The average Bonchev–Trinajstić information content (AvgIpc) is 3.34. The fraction of sp³-hybridized carbons (Fsp3) is 0.455. The number of carbonyl (C=O) groups is 1. The zero-order chi connectivity index (χ0) is 27.6. The van der Waals surface area contributed by atoms with Crippen LogP contribution < -0.4 is 14.2 Å². The van der Waals surface area contributed by atoms with Crippen molar-refractivity contribution in [3.05, 3.63) is 40.4 Å². The number of aryl methyl sites for hydroxylation is 1. The zero-order valence-electron chi connectivity index (χ0n) is 20.6. The molecular weight excluding hydrogens is 564 g/mol. The number of cyclic esters (lactones) is 1. The number of nitrogens with one attached hydrogen (secondary N) is 2. The maximum absolute atomic E-state index is 12.8. The number of thiophene rings is 1. The lowest BCUT2D eigenvalue weighted by atomic mass is 10.1. The van der Waals surface area contributed by atoms with Crippen molar-refractivity contribution < 1.29 is 31.1 Å². The molecule has 2 heterocycles. The van der Waals surface area contributed by atoms with Crippen LogP contribution in [0.25, 0.3) is 0 Å². The Morgan fingerprint density at radius 3 is 2.59 bits per heavy atom.